The van der Waals surface area contributed by atoms with Crippen molar-refractivity contribution in [3.63, 3.8) is 0 Å². The van der Waals surface area contributed by atoms with Gasteiger partial charge in [0.2, 0.25) is 5.91 Å². The van der Waals surface area contributed by atoms with Gasteiger partial charge in [0.05, 0.1) is 19.0 Å². The minimum atomic E-state index is -0.883. The molecular formula is C23H29F2N3O. The molecule has 0 aromatic heterocycles. The Labute approximate surface area is 171 Å². The topological polar surface area (TPSA) is 56.1 Å². The first kappa shape index (κ1) is 20.3. The molecule has 0 aliphatic heterocycles. The summed E-state index contributed by atoms with van der Waals surface area (Å²) in [6.07, 6.45) is 7.42. The summed E-state index contributed by atoms with van der Waals surface area (Å²) in [5.41, 5.74) is 0.519. The number of nitriles is 1. The standard InChI is InChI=1S/C23H29F2N3O/c1-15(19-3-4-20(24)21(25)10-19)27-14-22(29)28(6-2-5-26)23-11-16-7-17(12-23)9-18(8-16)13-23/h3-4,10,15-18,27H,2,6-9,11-14H2,1H3/t15-,16?,17?,18?,23?/m1/s1. The molecule has 1 amide bonds. The maximum Gasteiger partial charge on any atom is 0.237 e. The summed E-state index contributed by atoms with van der Waals surface area (Å²) < 4.78 is 26.7. The molecule has 0 unspecified atom stereocenters. The van der Waals surface area contributed by atoms with Gasteiger partial charge in [-0.05, 0) is 80.9 Å². The number of hydrogen-bond acceptors (Lipinski definition) is 3. The summed E-state index contributed by atoms with van der Waals surface area (Å²) in [5, 5.41) is 12.3. The van der Waals surface area contributed by atoms with Gasteiger partial charge in [-0.1, -0.05) is 6.07 Å². The van der Waals surface area contributed by atoms with Gasteiger partial charge in [-0.2, -0.15) is 5.26 Å². The first-order valence-electron chi connectivity index (χ1n) is 10.8. The van der Waals surface area contributed by atoms with E-state index in [2.05, 4.69) is 11.4 Å². The number of nitrogens with one attached hydrogen (secondary N) is 1. The predicted octanol–water partition coefficient (Wildman–Crippen LogP) is 4.33. The molecule has 1 aromatic rings. The first-order chi connectivity index (χ1) is 13.9. The van der Waals surface area contributed by atoms with Crippen molar-refractivity contribution in [1.82, 2.24) is 10.2 Å². The third-order valence-electron chi connectivity index (χ3n) is 7.33. The lowest BCUT2D eigenvalue weighted by atomic mass is 9.52. The van der Waals surface area contributed by atoms with Crippen LogP contribution in [0.4, 0.5) is 8.78 Å². The third kappa shape index (κ3) is 4.02. The Morgan fingerprint density at radius 1 is 1.21 bits per heavy atom. The number of benzene rings is 1. The first-order valence-corrected chi connectivity index (χ1v) is 10.8. The zero-order valence-corrected chi connectivity index (χ0v) is 17.0. The molecule has 4 nitrogen and oxygen atoms in total. The van der Waals surface area contributed by atoms with Crippen LogP contribution in [-0.2, 0) is 4.79 Å². The van der Waals surface area contributed by atoms with Crippen LogP contribution < -0.4 is 5.32 Å². The fraction of sp³-hybridized carbons (Fsp3) is 0.652. The Morgan fingerprint density at radius 2 is 1.83 bits per heavy atom. The van der Waals surface area contributed by atoms with Crippen LogP contribution in [-0.4, -0.2) is 29.4 Å². The van der Waals surface area contributed by atoms with Gasteiger partial charge in [-0.25, -0.2) is 8.78 Å². The Hall–Kier alpha value is -2.00. The second-order valence-electron chi connectivity index (χ2n) is 9.37. The van der Waals surface area contributed by atoms with Crippen molar-refractivity contribution >= 4 is 5.91 Å². The Kier molecular flexibility index (Phi) is 5.61. The molecule has 4 saturated carbocycles. The summed E-state index contributed by atoms with van der Waals surface area (Å²) in [6, 6.07) is 5.74. The molecule has 29 heavy (non-hydrogen) atoms. The van der Waals surface area contributed by atoms with Crippen molar-refractivity contribution in [2.45, 2.75) is 63.5 Å². The minimum Gasteiger partial charge on any atom is -0.335 e. The maximum absolute atomic E-state index is 13.5. The van der Waals surface area contributed by atoms with Crippen molar-refractivity contribution in [2.24, 2.45) is 17.8 Å². The molecule has 4 fully saturated rings. The SMILES string of the molecule is C[C@@H](NCC(=O)N(CCC#N)C12CC3CC(CC(C3)C1)C2)c1ccc(F)c(F)c1. The molecule has 1 aromatic carbocycles. The van der Waals surface area contributed by atoms with Crippen LogP contribution in [0, 0.1) is 40.7 Å². The molecule has 4 aliphatic carbocycles. The summed E-state index contributed by atoms with van der Waals surface area (Å²) in [7, 11) is 0. The van der Waals surface area contributed by atoms with Gasteiger partial charge < -0.3 is 10.2 Å². The highest BCUT2D eigenvalue weighted by Gasteiger charge is 2.54. The summed E-state index contributed by atoms with van der Waals surface area (Å²) in [6.45, 7) is 2.44. The zero-order valence-electron chi connectivity index (χ0n) is 17.0. The molecule has 0 heterocycles. The van der Waals surface area contributed by atoms with Gasteiger partial charge in [0.1, 0.15) is 0 Å². The van der Waals surface area contributed by atoms with Gasteiger partial charge in [-0.3, -0.25) is 4.79 Å². The van der Waals surface area contributed by atoms with E-state index >= 15 is 0 Å². The molecule has 1 N–H and O–H groups in total. The highest BCUT2D eigenvalue weighted by Crippen LogP contribution is 2.57. The third-order valence-corrected chi connectivity index (χ3v) is 7.33. The second kappa shape index (κ2) is 8.02. The Balaban J connectivity index is 1.45. The average molecular weight is 402 g/mol. The van der Waals surface area contributed by atoms with Crippen LogP contribution in [0.25, 0.3) is 0 Å². The van der Waals surface area contributed by atoms with Crippen LogP contribution >= 0.6 is 0 Å². The van der Waals surface area contributed by atoms with Crippen LogP contribution in [0.1, 0.15) is 63.5 Å². The van der Waals surface area contributed by atoms with E-state index in [4.69, 9.17) is 5.26 Å². The fourth-order valence-electron chi connectivity index (χ4n) is 6.42. The zero-order chi connectivity index (χ0) is 20.6. The van der Waals surface area contributed by atoms with Crippen LogP contribution in [0.15, 0.2) is 18.2 Å². The second-order valence-corrected chi connectivity index (χ2v) is 9.37. The van der Waals surface area contributed by atoms with E-state index in [9.17, 15) is 13.6 Å². The largest absolute Gasteiger partial charge is 0.335 e. The van der Waals surface area contributed by atoms with Crippen molar-refractivity contribution in [3.8, 4) is 6.07 Å². The van der Waals surface area contributed by atoms with Crippen LogP contribution in [0.2, 0.25) is 0 Å². The van der Waals surface area contributed by atoms with Crippen molar-refractivity contribution < 1.29 is 13.6 Å². The smallest absolute Gasteiger partial charge is 0.237 e. The normalized spacial score (nSPS) is 30.8. The number of carbonyl (C=O) groups excluding carboxylic acids is 1. The molecule has 0 spiro atoms. The van der Waals surface area contributed by atoms with Gasteiger partial charge >= 0.3 is 0 Å². The van der Waals surface area contributed by atoms with E-state index in [1.165, 1.54) is 31.4 Å². The highest BCUT2D eigenvalue weighted by molar-refractivity contribution is 5.79. The number of amides is 1. The minimum absolute atomic E-state index is 0.0108. The van der Waals surface area contributed by atoms with E-state index in [-0.39, 0.29) is 24.0 Å². The average Bonchev–Trinajstić information content (AvgIpc) is 2.67. The molecule has 1 atom stereocenters. The lowest BCUT2D eigenvalue weighted by Crippen LogP contribution is -2.62. The van der Waals surface area contributed by atoms with Gasteiger partial charge in [0.15, 0.2) is 11.6 Å². The Morgan fingerprint density at radius 3 is 2.38 bits per heavy atom. The molecule has 0 saturated heterocycles. The number of halogens is 2. The van der Waals surface area contributed by atoms with Gasteiger partial charge in [0, 0.05) is 18.1 Å². The summed E-state index contributed by atoms with van der Waals surface area (Å²) in [4.78, 5) is 15.2. The van der Waals surface area contributed by atoms with Crippen molar-refractivity contribution in [3.05, 3.63) is 35.4 Å². The summed E-state index contributed by atoms with van der Waals surface area (Å²) >= 11 is 0. The van der Waals surface area contributed by atoms with Crippen molar-refractivity contribution in [1.29, 1.82) is 5.26 Å². The number of nitrogens with zero attached hydrogens (tertiary/aromatic N) is 2. The molecule has 5 rings (SSSR count). The highest BCUT2D eigenvalue weighted by atomic mass is 19.2. The fourth-order valence-corrected chi connectivity index (χ4v) is 6.42. The van der Waals surface area contributed by atoms with Gasteiger partial charge in [-0.15, -0.1) is 0 Å². The molecular weight excluding hydrogens is 372 g/mol. The Bertz CT molecular complexity index is 784. The molecule has 4 aliphatic rings. The van der Waals surface area contributed by atoms with E-state index in [0.29, 0.717) is 36.3 Å². The lowest BCUT2D eigenvalue weighted by Gasteiger charge is -2.60. The van der Waals surface area contributed by atoms with Gasteiger partial charge in [0.25, 0.3) is 0 Å². The number of hydrogen-bond donors (Lipinski definition) is 1. The molecule has 0 radical (unpaired) electrons. The van der Waals surface area contributed by atoms with E-state index in [1.54, 1.807) is 0 Å². The number of rotatable bonds is 7. The van der Waals surface area contributed by atoms with E-state index in [0.717, 1.165) is 25.3 Å². The maximum atomic E-state index is 13.5. The lowest BCUT2D eigenvalue weighted by molar-refractivity contribution is -0.149. The van der Waals surface area contributed by atoms with Crippen LogP contribution in [0.5, 0.6) is 0 Å². The van der Waals surface area contributed by atoms with Crippen molar-refractivity contribution in [2.75, 3.05) is 13.1 Å². The van der Waals surface area contributed by atoms with E-state index in [1.807, 2.05) is 11.8 Å². The monoisotopic (exact) mass is 401 g/mol. The molecule has 156 valence electrons. The summed E-state index contributed by atoms with van der Waals surface area (Å²) in [5.74, 6) is 0.401. The predicted molar refractivity (Wildman–Crippen MR) is 106 cm³/mol. The van der Waals surface area contributed by atoms with Crippen LogP contribution in [0.3, 0.4) is 0 Å². The molecule has 6 heteroatoms. The molecule has 4 bridgehead atoms. The van der Waals surface area contributed by atoms with E-state index < -0.39 is 11.6 Å². The quantitative estimate of drug-likeness (QED) is 0.740. The number of carbonyl (C=O) groups is 1.